The van der Waals surface area contributed by atoms with Gasteiger partial charge in [-0.3, -0.25) is 9.59 Å². The minimum absolute atomic E-state index is 0.101. The van der Waals surface area contributed by atoms with Crippen molar-refractivity contribution in [2.45, 2.75) is 32.6 Å². The number of anilines is 1. The normalized spacial score (nSPS) is 12.0. The number of rotatable bonds is 7. The summed E-state index contributed by atoms with van der Waals surface area (Å²) in [7, 11) is 0. The number of aliphatic carboxylic acids is 1. The summed E-state index contributed by atoms with van der Waals surface area (Å²) in [5.41, 5.74) is 2.32. The Morgan fingerprint density at radius 3 is 2.25 bits per heavy atom. The van der Waals surface area contributed by atoms with Gasteiger partial charge in [-0.2, -0.15) is 0 Å². The molecule has 1 unspecified atom stereocenters. The number of carbonyl (C=O) groups is 2. The molecule has 24 heavy (non-hydrogen) atoms. The molecule has 0 fully saturated rings. The fraction of sp³-hybridized carbons (Fsp3) is 0.300. The Hall–Kier alpha value is -2.62. The molecule has 2 aromatic carbocycles. The van der Waals surface area contributed by atoms with Crippen molar-refractivity contribution in [3.05, 3.63) is 65.7 Å². The van der Waals surface area contributed by atoms with E-state index in [9.17, 15) is 9.59 Å². The molecule has 0 radical (unpaired) electrons. The predicted molar refractivity (Wildman–Crippen MR) is 95.0 cm³/mol. The summed E-state index contributed by atoms with van der Waals surface area (Å²) >= 11 is 0. The fourth-order valence-corrected chi connectivity index (χ4v) is 2.80. The highest BCUT2D eigenvalue weighted by molar-refractivity contribution is 5.92. The average Bonchev–Trinajstić information content (AvgIpc) is 2.54. The van der Waals surface area contributed by atoms with E-state index in [1.807, 2.05) is 30.3 Å². The number of carboxylic acids is 1. The number of para-hydroxylation sites is 1. The summed E-state index contributed by atoms with van der Waals surface area (Å²) in [4.78, 5) is 23.4. The summed E-state index contributed by atoms with van der Waals surface area (Å²) in [5, 5.41) is 11.8. The van der Waals surface area contributed by atoms with E-state index >= 15 is 0 Å². The minimum Gasteiger partial charge on any atom is -0.481 e. The SMILES string of the molecule is CC(C)C(CC(=O)Nc1ccccc1CC(=O)O)c1ccccc1. The van der Waals surface area contributed by atoms with Crippen molar-refractivity contribution >= 4 is 17.6 Å². The molecule has 0 saturated carbocycles. The lowest BCUT2D eigenvalue weighted by atomic mass is 9.85. The fourth-order valence-electron chi connectivity index (χ4n) is 2.80. The molecule has 126 valence electrons. The second-order valence-corrected chi connectivity index (χ2v) is 6.24. The van der Waals surface area contributed by atoms with Crippen LogP contribution < -0.4 is 5.32 Å². The first-order valence-corrected chi connectivity index (χ1v) is 8.12. The Morgan fingerprint density at radius 2 is 1.62 bits per heavy atom. The molecule has 0 aliphatic heterocycles. The van der Waals surface area contributed by atoms with Crippen LogP contribution >= 0.6 is 0 Å². The summed E-state index contributed by atoms with van der Waals surface area (Å²) < 4.78 is 0. The molecule has 0 aliphatic carbocycles. The molecule has 0 saturated heterocycles. The largest absolute Gasteiger partial charge is 0.481 e. The molecular formula is C20H23NO3. The summed E-state index contributed by atoms with van der Waals surface area (Å²) in [5.74, 6) is -0.568. The molecule has 4 nitrogen and oxygen atoms in total. The Balaban J connectivity index is 2.11. The Kier molecular flexibility index (Phi) is 6.13. The van der Waals surface area contributed by atoms with Gasteiger partial charge in [0.1, 0.15) is 0 Å². The molecule has 4 heteroatoms. The Bertz CT molecular complexity index is 695. The van der Waals surface area contributed by atoms with Gasteiger partial charge in [-0.05, 0) is 29.0 Å². The number of nitrogens with one attached hydrogen (secondary N) is 1. The predicted octanol–water partition coefficient (Wildman–Crippen LogP) is 4.08. The molecule has 0 bridgehead atoms. The van der Waals surface area contributed by atoms with Crippen molar-refractivity contribution in [2.75, 3.05) is 5.32 Å². The van der Waals surface area contributed by atoms with Gasteiger partial charge in [0, 0.05) is 12.1 Å². The van der Waals surface area contributed by atoms with Crippen LogP contribution in [-0.2, 0) is 16.0 Å². The lowest BCUT2D eigenvalue weighted by molar-refractivity contribution is -0.136. The molecule has 0 aromatic heterocycles. The van der Waals surface area contributed by atoms with Crippen molar-refractivity contribution in [3.8, 4) is 0 Å². The molecule has 0 spiro atoms. The first-order valence-electron chi connectivity index (χ1n) is 8.12. The van der Waals surface area contributed by atoms with Gasteiger partial charge in [-0.1, -0.05) is 62.4 Å². The second kappa shape index (κ2) is 8.29. The van der Waals surface area contributed by atoms with E-state index in [-0.39, 0.29) is 18.2 Å². The number of hydrogen-bond donors (Lipinski definition) is 2. The lowest BCUT2D eigenvalue weighted by Crippen LogP contribution is -2.19. The minimum atomic E-state index is -0.916. The molecule has 0 heterocycles. The van der Waals surface area contributed by atoms with Gasteiger partial charge in [0.2, 0.25) is 5.91 Å². The molecule has 2 rings (SSSR count). The average molecular weight is 325 g/mol. The van der Waals surface area contributed by atoms with Crippen LogP contribution in [0.3, 0.4) is 0 Å². The maximum absolute atomic E-state index is 12.5. The Morgan fingerprint density at radius 1 is 1.00 bits per heavy atom. The summed E-state index contributed by atoms with van der Waals surface area (Å²) in [6.07, 6.45) is 0.256. The third kappa shape index (κ3) is 4.95. The highest BCUT2D eigenvalue weighted by atomic mass is 16.4. The molecule has 0 aliphatic rings. The van der Waals surface area contributed by atoms with Crippen LogP contribution in [0.25, 0.3) is 0 Å². The van der Waals surface area contributed by atoms with Crippen LogP contribution in [0.1, 0.15) is 37.3 Å². The second-order valence-electron chi connectivity index (χ2n) is 6.24. The first kappa shape index (κ1) is 17.7. The number of hydrogen-bond acceptors (Lipinski definition) is 2. The van der Waals surface area contributed by atoms with Gasteiger partial charge in [-0.15, -0.1) is 0 Å². The molecule has 2 aromatic rings. The highest BCUT2D eigenvalue weighted by Gasteiger charge is 2.20. The zero-order chi connectivity index (χ0) is 17.5. The van der Waals surface area contributed by atoms with E-state index in [1.54, 1.807) is 24.3 Å². The van der Waals surface area contributed by atoms with E-state index in [0.717, 1.165) is 5.56 Å². The molecule has 2 N–H and O–H groups in total. The van der Waals surface area contributed by atoms with Gasteiger partial charge in [0.25, 0.3) is 0 Å². The standard InChI is InChI=1S/C20H23NO3/c1-14(2)17(15-8-4-3-5-9-15)13-19(22)21-18-11-7-6-10-16(18)12-20(23)24/h3-11,14,17H,12-13H2,1-2H3,(H,21,22)(H,23,24). The third-order valence-electron chi connectivity index (χ3n) is 4.07. The van der Waals surface area contributed by atoms with Crippen LogP contribution in [0.15, 0.2) is 54.6 Å². The number of amides is 1. The van der Waals surface area contributed by atoms with Crippen molar-refractivity contribution in [2.24, 2.45) is 5.92 Å². The van der Waals surface area contributed by atoms with Crippen molar-refractivity contribution in [3.63, 3.8) is 0 Å². The van der Waals surface area contributed by atoms with Crippen molar-refractivity contribution in [1.29, 1.82) is 0 Å². The lowest BCUT2D eigenvalue weighted by Gasteiger charge is -2.21. The van der Waals surface area contributed by atoms with Gasteiger partial charge < -0.3 is 10.4 Å². The zero-order valence-corrected chi connectivity index (χ0v) is 14.0. The van der Waals surface area contributed by atoms with Gasteiger partial charge >= 0.3 is 5.97 Å². The van der Waals surface area contributed by atoms with Crippen LogP contribution in [0.2, 0.25) is 0 Å². The van der Waals surface area contributed by atoms with E-state index in [4.69, 9.17) is 5.11 Å². The quantitative estimate of drug-likeness (QED) is 0.806. The van der Waals surface area contributed by atoms with Gasteiger partial charge in [-0.25, -0.2) is 0 Å². The monoisotopic (exact) mass is 325 g/mol. The van der Waals surface area contributed by atoms with Gasteiger partial charge in [0.05, 0.1) is 6.42 Å². The summed E-state index contributed by atoms with van der Waals surface area (Å²) in [6.45, 7) is 4.20. The number of benzene rings is 2. The smallest absolute Gasteiger partial charge is 0.307 e. The molecule has 1 amide bonds. The zero-order valence-electron chi connectivity index (χ0n) is 14.0. The summed E-state index contributed by atoms with van der Waals surface area (Å²) in [6, 6.07) is 17.0. The van der Waals surface area contributed by atoms with Gasteiger partial charge in [0.15, 0.2) is 0 Å². The van der Waals surface area contributed by atoms with E-state index < -0.39 is 5.97 Å². The molecule has 1 atom stereocenters. The number of carboxylic acid groups (broad SMARTS) is 1. The van der Waals surface area contributed by atoms with E-state index in [0.29, 0.717) is 23.6 Å². The first-order chi connectivity index (χ1) is 11.5. The maximum Gasteiger partial charge on any atom is 0.307 e. The third-order valence-corrected chi connectivity index (χ3v) is 4.07. The Labute approximate surface area is 142 Å². The van der Waals surface area contributed by atoms with Crippen molar-refractivity contribution < 1.29 is 14.7 Å². The number of carbonyl (C=O) groups excluding carboxylic acids is 1. The van der Waals surface area contributed by atoms with Crippen molar-refractivity contribution in [1.82, 2.24) is 0 Å². The molecular weight excluding hydrogens is 302 g/mol. The van der Waals surface area contributed by atoms with E-state index in [1.165, 1.54) is 0 Å². The highest BCUT2D eigenvalue weighted by Crippen LogP contribution is 2.28. The topological polar surface area (TPSA) is 66.4 Å². The maximum atomic E-state index is 12.5. The van der Waals surface area contributed by atoms with Crippen LogP contribution in [0.4, 0.5) is 5.69 Å². The van der Waals surface area contributed by atoms with Crippen LogP contribution in [0.5, 0.6) is 0 Å². The van der Waals surface area contributed by atoms with Crippen LogP contribution in [0, 0.1) is 5.92 Å². The van der Waals surface area contributed by atoms with E-state index in [2.05, 4.69) is 19.2 Å². The van der Waals surface area contributed by atoms with Crippen LogP contribution in [-0.4, -0.2) is 17.0 Å².